The lowest BCUT2D eigenvalue weighted by molar-refractivity contribution is -0.168. The van der Waals surface area contributed by atoms with Crippen LogP contribution in [0.5, 0.6) is 11.5 Å². The molecule has 11 heteroatoms. The Kier molecular flexibility index (Phi) is 6.89. The van der Waals surface area contributed by atoms with Crippen LogP contribution in [-0.2, 0) is 20.7 Å². The van der Waals surface area contributed by atoms with Crippen molar-refractivity contribution in [1.82, 2.24) is 0 Å². The van der Waals surface area contributed by atoms with E-state index in [2.05, 4.69) is 4.99 Å². The molecule has 36 heavy (non-hydrogen) atoms. The largest absolute Gasteiger partial charge is 0.507 e. The summed E-state index contributed by atoms with van der Waals surface area (Å²) in [5, 5.41) is 20.3. The molecule has 3 unspecified atom stereocenters. The highest BCUT2D eigenvalue weighted by Crippen LogP contribution is 2.47. The summed E-state index contributed by atoms with van der Waals surface area (Å²) in [4.78, 5) is 29.8. The predicted octanol–water partition coefficient (Wildman–Crippen LogP) is 1.40. The quantitative estimate of drug-likeness (QED) is 0.128. The molecular weight excluding hydrogens is 470 g/mol. The van der Waals surface area contributed by atoms with Gasteiger partial charge in [0.15, 0.2) is 17.0 Å². The lowest BCUT2D eigenvalue weighted by atomic mass is 9.89. The molecule has 6 N–H and O–H groups in total. The topological polar surface area (TPSA) is 183 Å². The van der Waals surface area contributed by atoms with E-state index in [1.807, 2.05) is 0 Å². The maximum atomic E-state index is 13.4. The first-order valence-corrected chi connectivity index (χ1v) is 12.0. The SMILES string of the molecule is Cc1cc(=O)c2c(O)c3c(cc2o1)OC(C)(C)C(OC(=O)C1(CCCO)OC1CCCN=C(N)N)C3. The number of aromatic hydroxyl groups is 1. The fourth-order valence-electron chi connectivity index (χ4n) is 4.76. The number of benzene rings is 1. The van der Waals surface area contributed by atoms with E-state index in [1.54, 1.807) is 26.8 Å². The number of hydrogen-bond donors (Lipinski definition) is 4. The number of phenols is 1. The van der Waals surface area contributed by atoms with Crippen LogP contribution in [0.4, 0.5) is 0 Å². The Morgan fingerprint density at radius 1 is 1.28 bits per heavy atom. The molecule has 3 heterocycles. The average Bonchev–Trinajstić information content (AvgIpc) is 3.49. The van der Waals surface area contributed by atoms with Crippen LogP contribution in [0.2, 0.25) is 0 Å². The molecule has 1 saturated heterocycles. The second-order valence-electron chi connectivity index (χ2n) is 9.87. The Balaban J connectivity index is 1.55. The molecule has 2 aromatic rings. The van der Waals surface area contributed by atoms with E-state index in [0.29, 0.717) is 49.3 Å². The Bertz CT molecular complexity index is 1250. The Hall–Kier alpha value is -3.31. The number of aliphatic imine (C=N–C) groups is 1. The smallest absolute Gasteiger partial charge is 0.341 e. The van der Waals surface area contributed by atoms with Gasteiger partial charge in [-0.15, -0.1) is 0 Å². The van der Waals surface area contributed by atoms with Crippen LogP contribution in [0, 0.1) is 6.92 Å². The molecular formula is C25H33N3O8. The van der Waals surface area contributed by atoms with E-state index >= 15 is 0 Å². The normalized spacial score (nSPS) is 24.0. The van der Waals surface area contributed by atoms with Crippen molar-refractivity contribution in [3.05, 3.63) is 33.7 Å². The minimum atomic E-state index is -1.17. The zero-order valence-electron chi connectivity index (χ0n) is 20.7. The van der Waals surface area contributed by atoms with Gasteiger partial charge in [0, 0.05) is 37.3 Å². The third-order valence-corrected chi connectivity index (χ3v) is 6.75. The zero-order chi connectivity index (χ0) is 26.3. The van der Waals surface area contributed by atoms with Gasteiger partial charge in [-0.25, -0.2) is 4.79 Å². The number of aliphatic hydroxyl groups is 1. The number of carbonyl (C=O) groups is 1. The van der Waals surface area contributed by atoms with Crippen molar-refractivity contribution >= 4 is 22.9 Å². The Labute approximate surface area is 208 Å². The first kappa shape index (κ1) is 25.8. The second kappa shape index (κ2) is 9.62. The van der Waals surface area contributed by atoms with E-state index in [9.17, 15) is 19.8 Å². The molecule has 1 aromatic carbocycles. The lowest BCUT2D eigenvalue weighted by Gasteiger charge is -2.39. The van der Waals surface area contributed by atoms with Crippen molar-refractivity contribution in [2.45, 2.75) is 76.3 Å². The van der Waals surface area contributed by atoms with Crippen molar-refractivity contribution in [1.29, 1.82) is 0 Å². The molecule has 0 bridgehead atoms. The number of guanidine groups is 1. The number of fused-ring (bicyclic) bond motifs is 2. The van der Waals surface area contributed by atoms with Crippen LogP contribution >= 0.6 is 0 Å². The molecule has 3 atom stereocenters. The Morgan fingerprint density at radius 2 is 2.03 bits per heavy atom. The number of ether oxygens (including phenoxy) is 3. The highest BCUT2D eigenvalue weighted by atomic mass is 16.7. The van der Waals surface area contributed by atoms with E-state index in [-0.39, 0.29) is 47.2 Å². The van der Waals surface area contributed by atoms with Crippen molar-refractivity contribution in [3.63, 3.8) is 0 Å². The second-order valence-corrected chi connectivity index (χ2v) is 9.87. The van der Waals surface area contributed by atoms with Gasteiger partial charge in [0.05, 0.1) is 6.10 Å². The number of aliphatic hydroxyl groups excluding tert-OH is 1. The molecule has 196 valence electrons. The van der Waals surface area contributed by atoms with E-state index in [1.165, 1.54) is 6.07 Å². The van der Waals surface area contributed by atoms with Gasteiger partial charge in [-0.3, -0.25) is 9.79 Å². The van der Waals surface area contributed by atoms with Crippen LogP contribution in [0.3, 0.4) is 0 Å². The minimum Gasteiger partial charge on any atom is -0.507 e. The van der Waals surface area contributed by atoms with Crippen molar-refractivity contribution < 1.29 is 33.6 Å². The van der Waals surface area contributed by atoms with Gasteiger partial charge in [-0.1, -0.05) is 0 Å². The number of epoxide rings is 1. The number of nitrogens with two attached hydrogens (primary N) is 2. The highest BCUT2D eigenvalue weighted by Gasteiger charge is 2.63. The van der Waals surface area contributed by atoms with E-state index < -0.39 is 23.3 Å². The Morgan fingerprint density at radius 3 is 2.72 bits per heavy atom. The van der Waals surface area contributed by atoms with Gasteiger partial charge >= 0.3 is 5.97 Å². The standard InChI is InChI=1S/C25H33N3O8/c1-13-10-15(30)20-17(33-13)12-16-14(21(20)31)11-19(24(2,3)35-16)34-22(32)25(7-5-9-29)18(36-25)6-4-8-28-23(26)27/h10,12,18-19,29,31H,4-9,11H2,1-3H3,(H4,26,27,28). The van der Waals surface area contributed by atoms with Crippen molar-refractivity contribution in [3.8, 4) is 11.5 Å². The molecule has 2 aliphatic rings. The molecule has 0 spiro atoms. The van der Waals surface area contributed by atoms with Gasteiger partial charge in [0.1, 0.15) is 39.9 Å². The number of aryl methyl sites for hydroxylation is 1. The molecule has 0 aliphatic carbocycles. The highest BCUT2D eigenvalue weighted by molar-refractivity contribution is 5.87. The van der Waals surface area contributed by atoms with Crippen LogP contribution in [0.1, 0.15) is 50.9 Å². The zero-order valence-corrected chi connectivity index (χ0v) is 20.7. The van der Waals surface area contributed by atoms with E-state index in [0.717, 1.165) is 0 Å². The maximum Gasteiger partial charge on any atom is 0.341 e. The number of hydrogen-bond acceptors (Lipinski definition) is 9. The number of rotatable bonds is 9. The third kappa shape index (κ3) is 4.85. The van der Waals surface area contributed by atoms with Crippen LogP contribution in [0.25, 0.3) is 11.0 Å². The first-order chi connectivity index (χ1) is 17.0. The molecule has 0 radical (unpaired) electrons. The van der Waals surface area contributed by atoms with Crippen molar-refractivity contribution in [2.75, 3.05) is 13.2 Å². The summed E-state index contributed by atoms with van der Waals surface area (Å²) in [6.07, 6.45) is 0.823. The van der Waals surface area contributed by atoms with Crippen molar-refractivity contribution in [2.24, 2.45) is 16.5 Å². The third-order valence-electron chi connectivity index (χ3n) is 6.75. The summed E-state index contributed by atoms with van der Waals surface area (Å²) in [5.41, 5.74) is 8.82. The molecule has 2 aliphatic heterocycles. The van der Waals surface area contributed by atoms with Gasteiger partial charge in [-0.05, 0) is 46.5 Å². The number of nitrogens with zero attached hydrogens (tertiary/aromatic N) is 1. The van der Waals surface area contributed by atoms with Crippen LogP contribution in [-0.4, -0.2) is 58.7 Å². The monoisotopic (exact) mass is 503 g/mol. The molecule has 0 amide bonds. The number of phenolic OH excluding ortho intramolecular Hbond substituents is 1. The molecule has 1 fully saturated rings. The molecule has 4 rings (SSSR count). The summed E-state index contributed by atoms with van der Waals surface area (Å²) < 4.78 is 23.5. The minimum absolute atomic E-state index is 0.00131. The summed E-state index contributed by atoms with van der Waals surface area (Å²) in [6.45, 7) is 5.53. The van der Waals surface area contributed by atoms with Gasteiger partial charge in [0.2, 0.25) is 0 Å². The van der Waals surface area contributed by atoms with Gasteiger partial charge in [-0.2, -0.15) is 0 Å². The van der Waals surface area contributed by atoms with Gasteiger partial charge < -0.3 is 40.3 Å². The molecule has 0 saturated carbocycles. The fourth-order valence-corrected chi connectivity index (χ4v) is 4.76. The number of carbonyl (C=O) groups excluding carboxylic acids is 1. The fraction of sp³-hybridized carbons (Fsp3) is 0.560. The predicted molar refractivity (Wildman–Crippen MR) is 131 cm³/mol. The summed E-state index contributed by atoms with van der Waals surface area (Å²) in [7, 11) is 0. The first-order valence-electron chi connectivity index (χ1n) is 12.0. The number of esters is 1. The summed E-state index contributed by atoms with van der Waals surface area (Å²) in [5.74, 6) is -0.0201. The lowest BCUT2D eigenvalue weighted by Crippen LogP contribution is -2.50. The van der Waals surface area contributed by atoms with E-state index in [4.69, 9.17) is 30.1 Å². The van der Waals surface area contributed by atoms with Gasteiger partial charge in [0.25, 0.3) is 0 Å². The summed E-state index contributed by atoms with van der Waals surface area (Å²) >= 11 is 0. The summed E-state index contributed by atoms with van der Waals surface area (Å²) in [6, 6.07) is 2.89. The maximum absolute atomic E-state index is 13.4. The van der Waals surface area contributed by atoms with Crippen LogP contribution in [0.15, 0.2) is 26.3 Å². The molecule has 1 aromatic heterocycles. The van der Waals surface area contributed by atoms with Crippen LogP contribution < -0.4 is 21.6 Å². The average molecular weight is 504 g/mol. The molecule has 11 nitrogen and oxygen atoms in total.